The quantitative estimate of drug-likeness (QED) is 0.590. The third-order valence-corrected chi connectivity index (χ3v) is 4.90. The molecule has 3 rings (SSSR count). The number of nitrogens with one attached hydrogen (secondary N) is 2. The molecule has 1 aliphatic rings. The molecule has 0 spiro atoms. The van der Waals surface area contributed by atoms with E-state index in [1.165, 1.54) is 6.20 Å². The predicted octanol–water partition coefficient (Wildman–Crippen LogP) is 1.00. The zero-order valence-electron chi connectivity index (χ0n) is 17.4. The maximum absolute atomic E-state index is 13.1. The summed E-state index contributed by atoms with van der Waals surface area (Å²) in [5, 5.41) is 14.5. The van der Waals surface area contributed by atoms with Gasteiger partial charge < -0.3 is 29.8 Å². The SMILES string of the molecule is CCn1cc(C(=O)N[C@H](CC(C)C)C(=O)NCCO)c(=O)c2cc3c(cc21)OCO3. The minimum Gasteiger partial charge on any atom is -0.454 e. The van der Waals surface area contributed by atoms with Crippen LogP contribution < -0.4 is 25.5 Å². The van der Waals surface area contributed by atoms with Crippen LogP contribution in [0.1, 0.15) is 37.6 Å². The lowest BCUT2D eigenvalue weighted by Crippen LogP contribution is -2.48. The Morgan fingerprint density at radius 3 is 2.57 bits per heavy atom. The maximum atomic E-state index is 13.1. The number of carbonyl (C=O) groups is 2. The Hall–Kier alpha value is -3.07. The smallest absolute Gasteiger partial charge is 0.257 e. The Morgan fingerprint density at radius 1 is 1.23 bits per heavy atom. The molecule has 0 radical (unpaired) electrons. The fourth-order valence-corrected chi connectivity index (χ4v) is 3.44. The van der Waals surface area contributed by atoms with Crippen molar-refractivity contribution in [2.24, 2.45) is 5.92 Å². The van der Waals surface area contributed by atoms with E-state index in [2.05, 4.69) is 10.6 Å². The lowest BCUT2D eigenvalue weighted by atomic mass is 10.0. The Bertz CT molecular complexity index is 1010. The fraction of sp³-hybridized carbons (Fsp3) is 0.476. The van der Waals surface area contributed by atoms with Gasteiger partial charge in [0.25, 0.3) is 5.91 Å². The van der Waals surface area contributed by atoms with Gasteiger partial charge >= 0.3 is 0 Å². The van der Waals surface area contributed by atoms with Crippen molar-refractivity contribution in [2.45, 2.75) is 39.8 Å². The average Bonchev–Trinajstić information content (AvgIpc) is 3.17. The standard InChI is InChI=1S/C21H27N3O6/c1-4-24-10-14(19(26)13-8-17-18(9-16(13)24)30-11-29-17)20(27)23-15(7-12(2)3)21(28)22-5-6-25/h8-10,12,15,25H,4-7,11H2,1-3H3,(H,22,28)(H,23,27)/t15-/m1/s1. The molecular weight excluding hydrogens is 390 g/mol. The predicted molar refractivity (Wildman–Crippen MR) is 111 cm³/mol. The number of amides is 2. The monoisotopic (exact) mass is 417 g/mol. The van der Waals surface area contributed by atoms with Crippen LogP contribution in [0.15, 0.2) is 23.1 Å². The van der Waals surface area contributed by atoms with Crippen molar-refractivity contribution in [1.82, 2.24) is 15.2 Å². The Labute approximate surface area is 174 Å². The molecule has 1 aromatic carbocycles. The summed E-state index contributed by atoms with van der Waals surface area (Å²) in [7, 11) is 0. The van der Waals surface area contributed by atoms with Crippen molar-refractivity contribution >= 4 is 22.7 Å². The van der Waals surface area contributed by atoms with Crippen LogP contribution in [-0.2, 0) is 11.3 Å². The van der Waals surface area contributed by atoms with Crippen LogP contribution in [0.4, 0.5) is 0 Å². The molecule has 3 N–H and O–H groups in total. The van der Waals surface area contributed by atoms with Gasteiger partial charge in [-0.05, 0) is 25.3 Å². The molecule has 0 saturated carbocycles. The number of aryl methyl sites for hydroxylation is 1. The minimum absolute atomic E-state index is 0.0491. The number of fused-ring (bicyclic) bond motifs is 2. The van der Waals surface area contributed by atoms with Crippen LogP contribution in [0.3, 0.4) is 0 Å². The number of benzene rings is 1. The molecule has 0 saturated heterocycles. The van der Waals surface area contributed by atoms with Crippen molar-refractivity contribution < 1.29 is 24.2 Å². The number of hydrogen-bond acceptors (Lipinski definition) is 6. The van der Waals surface area contributed by atoms with Gasteiger partial charge in [-0.15, -0.1) is 0 Å². The normalized spacial score (nSPS) is 13.5. The van der Waals surface area contributed by atoms with Crippen LogP contribution in [0, 0.1) is 5.92 Å². The highest BCUT2D eigenvalue weighted by Crippen LogP contribution is 2.35. The summed E-state index contributed by atoms with van der Waals surface area (Å²) < 4.78 is 12.5. The zero-order chi connectivity index (χ0) is 21.8. The third-order valence-electron chi connectivity index (χ3n) is 4.90. The molecule has 0 bridgehead atoms. The van der Waals surface area contributed by atoms with Crippen LogP contribution in [0.25, 0.3) is 10.9 Å². The second kappa shape index (κ2) is 9.17. The van der Waals surface area contributed by atoms with Gasteiger partial charge in [0, 0.05) is 25.4 Å². The van der Waals surface area contributed by atoms with Gasteiger partial charge in [-0.1, -0.05) is 13.8 Å². The van der Waals surface area contributed by atoms with Crippen LogP contribution >= 0.6 is 0 Å². The molecule has 2 heterocycles. The molecule has 0 unspecified atom stereocenters. The van der Waals surface area contributed by atoms with Gasteiger partial charge in [-0.3, -0.25) is 14.4 Å². The van der Waals surface area contributed by atoms with Crippen molar-refractivity contribution in [3.63, 3.8) is 0 Å². The first-order chi connectivity index (χ1) is 14.3. The van der Waals surface area contributed by atoms with E-state index in [1.54, 1.807) is 16.7 Å². The molecule has 1 aromatic heterocycles. The lowest BCUT2D eigenvalue weighted by molar-refractivity contribution is -0.123. The van der Waals surface area contributed by atoms with Gasteiger partial charge in [-0.2, -0.15) is 0 Å². The van der Waals surface area contributed by atoms with E-state index in [0.29, 0.717) is 35.4 Å². The number of aliphatic hydroxyl groups excluding tert-OH is 1. The zero-order valence-corrected chi connectivity index (χ0v) is 17.4. The topological polar surface area (TPSA) is 119 Å². The molecule has 30 heavy (non-hydrogen) atoms. The van der Waals surface area contributed by atoms with E-state index < -0.39 is 23.3 Å². The lowest BCUT2D eigenvalue weighted by Gasteiger charge is -2.20. The van der Waals surface area contributed by atoms with Gasteiger partial charge in [0.15, 0.2) is 11.5 Å². The number of aliphatic hydroxyl groups is 1. The summed E-state index contributed by atoms with van der Waals surface area (Å²) in [5.74, 6) is 0.135. The van der Waals surface area contributed by atoms with Gasteiger partial charge in [0.1, 0.15) is 11.6 Å². The van der Waals surface area contributed by atoms with Crippen LogP contribution in [0.2, 0.25) is 0 Å². The third kappa shape index (κ3) is 4.40. The summed E-state index contributed by atoms with van der Waals surface area (Å²) in [6.07, 6.45) is 1.90. The highest BCUT2D eigenvalue weighted by Gasteiger charge is 2.25. The number of carbonyl (C=O) groups excluding carboxylic acids is 2. The number of rotatable bonds is 8. The summed E-state index contributed by atoms with van der Waals surface area (Å²) in [6, 6.07) is 2.50. The van der Waals surface area contributed by atoms with Crippen LogP contribution in [-0.4, -0.2) is 47.5 Å². The summed E-state index contributed by atoms with van der Waals surface area (Å²) in [5.41, 5.74) is 0.152. The van der Waals surface area contributed by atoms with E-state index in [4.69, 9.17) is 14.6 Å². The Morgan fingerprint density at radius 2 is 1.93 bits per heavy atom. The van der Waals surface area contributed by atoms with Crippen molar-refractivity contribution in [1.29, 1.82) is 0 Å². The molecule has 9 nitrogen and oxygen atoms in total. The number of pyridine rings is 1. The van der Waals surface area contributed by atoms with E-state index in [1.807, 2.05) is 20.8 Å². The first-order valence-corrected chi connectivity index (χ1v) is 10.0. The molecule has 0 aliphatic carbocycles. The van der Waals surface area contributed by atoms with E-state index in [-0.39, 0.29) is 31.4 Å². The minimum atomic E-state index is -0.814. The van der Waals surface area contributed by atoms with Crippen molar-refractivity contribution in [3.05, 3.63) is 34.1 Å². The van der Waals surface area contributed by atoms with Gasteiger partial charge in [0.2, 0.25) is 18.1 Å². The fourth-order valence-electron chi connectivity index (χ4n) is 3.44. The molecule has 9 heteroatoms. The Balaban J connectivity index is 1.97. The first kappa shape index (κ1) is 21.6. The summed E-state index contributed by atoms with van der Waals surface area (Å²) in [6.45, 7) is 6.27. The highest BCUT2D eigenvalue weighted by atomic mass is 16.7. The molecule has 162 valence electrons. The molecule has 2 amide bonds. The molecule has 2 aromatic rings. The summed E-state index contributed by atoms with van der Waals surface area (Å²) in [4.78, 5) is 38.5. The molecule has 1 aliphatic heterocycles. The first-order valence-electron chi connectivity index (χ1n) is 10.0. The highest BCUT2D eigenvalue weighted by molar-refractivity contribution is 6.00. The molecule has 1 atom stereocenters. The Kier molecular flexibility index (Phi) is 6.61. The van der Waals surface area contributed by atoms with Crippen molar-refractivity contribution in [3.8, 4) is 11.5 Å². The van der Waals surface area contributed by atoms with Crippen LogP contribution in [0.5, 0.6) is 11.5 Å². The second-order valence-electron chi connectivity index (χ2n) is 7.55. The maximum Gasteiger partial charge on any atom is 0.257 e. The number of aromatic nitrogens is 1. The number of hydrogen-bond donors (Lipinski definition) is 3. The van der Waals surface area contributed by atoms with Crippen molar-refractivity contribution in [2.75, 3.05) is 19.9 Å². The van der Waals surface area contributed by atoms with E-state index >= 15 is 0 Å². The summed E-state index contributed by atoms with van der Waals surface area (Å²) >= 11 is 0. The average molecular weight is 417 g/mol. The molecular formula is C21H27N3O6. The van der Waals surface area contributed by atoms with E-state index in [0.717, 1.165) is 0 Å². The largest absolute Gasteiger partial charge is 0.454 e. The second-order valence-corrected chi connectivity index (χ2v) is 7.55. The van der Waals surface area contributed by atoms with E-state index in [9.17, 15) is 14.4 Å². The van der Waals surface area contributed by atoms with Gasteiger partial charge in [0.05, 0.1) is 17.5 Å². The van der Waals surface area contributed by atoms with Gasteiger partial charge in [-0.25, -0.2) is 0 Å². The number of ether oxygens (including phenoxy) is 2. The molecule has 0 fully saturated rings. The number of nitrogens with zero attached hydrogens (tertiary/aromatic N) is 1.